The van der Waals surface area contributed by atoms with Crippen molar-refractivity contribution in [2.75, 3.05) is 13.1 Å². The minimum Gasteiger partial charge on any atom is -0.392 e. The van der Waals surface area contributed by atoms with Crippen LogP contribution in [0.3, 0.4) is 0 Å². The molecule has 118 valence electrons. The van der Waals surface area contributed by atoms with Gasteiger partial charge in [0.2, 0.25) is 10.0 Å². The molecular weight excluding hydrogens is 286 g/mol. The van der Waals surface area contributed by atoms with Crippen molar-refractivity contribution in [2.24, 2.45) is 5.92 Å². The highest BCUT2D eigenvalue weighted by molar-refractivity contribution is 7.89. The molecule has 0 saturated carbocycles. The molecule has 0 amide bonds. The molecule has 21 heavy (non-hydrogen) atoms. The predicted octanol–water partition coefficient (Wildman–Crippen LogP) is 2.69. The van der Waals surface area contributed by atoms with Gasteiger partial charge < -0.3 is 5.11 Å². The molecule has 0 aliphatic carbocycles. The maximum Gasteiger partial charge on any atom is 0.243 e. The molecule has 1 heterocycles. The molecule has 1 fully saturated rings. The van der Waals surface area contributed by atoms with Gasteiger partial charge in [0.1, 0.15) is 0 Å². The number of sulfonamides is 1. The van der Waals surface area contributed by atoms with E-state index < -0.39 is 10.0 Å². The lowest BCUT2D eigenvalue weighted by molar-refractivity contribution is 0.262. The Hall–Kier alpha value is -0.910. The van der Waals surface area contributed by atoms with E-state index in [4.69, 9.17) is 0 Å². The Balaban J connectivity index is 2.20. The summed E-state index contributed by atoms with van der Waals surface area (Å²) < 4.78 is 27.2. The standard InChI is InChI=1S/C16H25NO3S/c1-3-5-14-8-10-17(11-9-14)21(19,20)16-7-4-6-15(12-18)13(16)2/h4,6-7,14,18H,3,5,8-12H2,1-2H3. The van der Waals surface area contributed by atoms with Gasteiger partial charge in [0.05, 0.1) is 11.5 Å². The summed E-state index contributed by atoms with van der Waals surface area (Å²) >= 11 is 0. The molecule has 0 aromatic heterocycles. The minimum absolute atomic E-state index is 0.131. The summed E-state index contributed by atoms with van der Waals surface area (Å²) in [6, 6.07) is 5.11. The zero-order valence-electron chi connectivity index (χ0n) is 12.9. The predicted molar refractivity (Wildman–Crippen MR) is 83.5 cm³/mol. The number of aliphatic hydroxyl groups is 1. The molecule has 4 nitrogen and oxygen atoms in total. The van der Waals surface area contributed by atoms with Crippen LogP contribution in [-0.4, -0.2) is 30.9 Å². The van der Waals surface area contributed by atoms with Crippen LogP contribution in [0.5, 0.6) is 0 Å². The Morgan fingerprint density at radius 2 is 1.95 bits per heavy atom. The first-order chi connectivity index (χ1) is 10.0. The zero-order chi connectivity index (χ0) is 15.5. The average Bonchev–Trinajstić information content (AvgIpc) is 2.48. The highest BCUT2D eigenvalue weighted by Gasteiger charge is 2.30. The Bertz CT molecular complexity index is 575. The molecule has 1 aromatic rings. The first-order valence-corrected chi connectivity index (χ1v) is 9.14. The van der Waals surface area contributed by atoms with Crippen molar-refractivity contribution < 1.29 is 13.5 Å². The fourth-order valence-electron chi connectivity index (χ4n) is 3.10. The summed E-state index contributed by atoms with van der Waals surface area (Å²) in [6.07, 6.45) is 4.25. The molecule has 1 N–H and O–H groups in total. The summed E-state index contributed by atoms with van der Waals surface area (Å²) in [5.41, 5.74) is 1.34. The minimum atomic E-state index is -3.44. The van der Waals surface area contributed by atoms with Gasteiger partial charge in [-0.1, -0.05) is 31.9 Å². The average molecular weight is 311 g/mol. The van der Waals surface area contributed by atoms with E-state index in [1.54, 1.807) is 29.4 Å². The molecule has 0 spiro atoms. The smallest absolute Gasteiger partial charge is 0.243 e. The maximum absolute atomic E-state index is 12.8. The van der Waals surface area contributed by atoms with E-state index in [1.807, 2.05) is 0 Å². The van der Waals surface area contributed by atoms with Crippen LogP contribution in [-0.2, 0) is 16.6 Å². The van der Waals surface area contributed by atoms with Crippen molar-refractivity contribution in [3.05, 3.63) is 29.3 Å². The molecule has 0 radical (unpaired) electrons. The SMILES string of the molecule is CCCC1CCN(S(=O)(=O)c2cccc(CO)c2C)CC1. The fourth-order valence-corrected chi connectivity index (χ4v) is 4.83. The molecule has 1 saturated heterocycles. The van der Waals surface area contributed by atoms with Gasteiger partial charge in [-0.15, -0.1) is 0 Å². The lowest BCUT2D eigenvalue weighted by atomic mass is 9.94. The van der Waals surface area contributed by atoms with Crippen molar-refractivity contribution >= 4 is 10.0 Å². The van der Waals surface area contributed by atoms with Crippen molar-refractivity contribution in [1.29, 1.82) is 0 Å². The van der Waals surface area contributed by atoms with Crippen LogP contribution < -0.4 is 0 Å². The highest BCUT2D eigenvalue weighted by Crippen LogP contribution is 2.28. The summed E-state index contributed by atoms with van der Waals surface area (Å²) in [6.45, 7) is 5.02. The normalized spacial score (nSPS) is 18.0. The van der Waals surface area contributed by atoms with E-state index in [1.165, 1.54) is 6.42 Å². The summed E-state index contributed by atoms with van der Waals surface area (Å²) in [7, 11) is -3.44. The molecule has 1 aliphatic heterocycles. The summed E-state index contributed by atoms with van der Waals surface area (Å²) in [5, 5.41) is 9.30. The van der Waals surface area contributed by atoms with Crippen LogP contribution >= 0.6 is 0 Å². The van der Waals surface area contributed by atoms with Gasteiger partial charge in [0, 0.05) is 13.1 Å². The third kappa shape index (κ3) is 3.47. The molecular formula is C16H25NO3S. The number of benzene rings is 1. The van der Waals surface area contributed by atoms with E-state index >= 15 is 0 Å². The van der Waals surface area contributed by atoms with Gasteiger partial charge in [-0.25, -0.2) is 8.42 Å². The van der Waals surface area contributed by atoms with Crippen molar-refractivity contribution in [3.63, 3.8) is 0 Å². The lowest BCUT2D eigenvalue weighted by Crippen LogP contribution is -2.38. The number of nitrogens with zero attached hydrogens (tertiary/aromatic N) is 1. The number of aliphatic hydroxyl groups excluding tert-OH is 1. The first kappa shape index (κ1) is 16.5. The Kier molecular flexibility index (Phi) is 5.41. The van der Waals surface area contributed by atoms with Gasteiger partial charge in [0.25, 0.3) is 0 Å². The molecule has 0 atom stereocenters. The maximum atomic E-state index is 12.8. The van der Waals surface area contributed by atoms with E-state index in [2.05, 4.69) is 6.92 Å². The number of hydrogen-bond acceptors (Lipinski definition) is 3. The van der Waals surface area contributed by atoms with Crippen LogP contribution in [0.4, 0.5) is 0 Å². The third-order valence-corrected chi connectivity index (χ3v) is 6.50. The van der Waals surface area contributed by atoms with Crippen LogP contribution in [0.2, 0.25) is 0 Å². The molecule has 2 rings (SSSR count). The molecule has 1 aromatic carbocycles. The largest absolute Gasteiger partial charge is 0.392 e. The number of piperidine rings is 1. The van der Waals surface area contributed by atoms with Crippen molar-refractivity contribution in [1.82, 2.24) is 4.31 Å². The van der Waals surface area contributed by atoms with E-state index in [-0.39, 0.29) is 6.61 Å². The molecule has 5 heteroatoms. The third-order valence-electron chi connectivity index (χ3n) is 4.45. The van der Waals surface area contributed by atoms with Crippen LogP contribution in [0.25, 0.3) is 0 Å². The highest BCUT2D eigenvalue weighted by atomic mass is 32.2. The summed E-state index contributed by atoms with van der Waals surface area (Å²) in [5.74, 6) is 0.659. The second-order valence-corrected chi connectivity index (χ2v) is 7.74. The van der Waals surface area contributed by atoms with Crippen LogP contribution in [0.1, 0.15) is 43.7 Å². The van der Waals surface area contributed by atoms with E-state index in [0.29, 0.717) is 35.0 Å². The Morgan fingerprint density at radius 1 is 1.29 bits per heavy atom. The fraction of sp³-hybridized carbons (Fsp3) is 0.625. The Morgan fingerprint density at radius 3 is 2.52 bits per heavy atom. The van der Waals surface area contributed by atoms with Crippen LogP contribution in [0.15, 0.2) is 23.1 Å². The second-order valence-electron chi connectivity index (χ2n) is 5.83. The van der Waals surface area contributed by atoms with Crippen molar-refractivity contribution in [3.8, 4) is 0 Å². The molecule has 0 bridgehead atoms. The Labute approximate surface area is 127 Å². The molecule has 1 aliphatic rings. The quantitative estimate of drug-likeness (QED) is 0.909. The topological polar surface area (TPSA) is 57.6 Å². The van der Waals surface area contributed by atoms with Gasteiger partial charge >= 0.3 is 0 Å². The van der Waals surface area contributed by atoms with Gasteiger partial charge in [-0.05, 0) is 42.9 Å². The van der Waals surface area contributed by atoms with Gasteiger partial charge in [-0.2, -0.15) is 4.31 Å². The van der Waals surface area contributed by atoms with Crippen LogP contribution in [0, 0.1) is 12.8 Å². The number of hydrogen-bond donors (Lipinski definition) is 1. The lowest BCUT2D eigenvalue weighted by Gasteiger charge is -2.31. The monoisotopic (exact) mass is 311 g/mol. The second kappa shape index (κ2) is 6.90. The first-order valence-electron chi connectivity index (χ1n) is 7.70. The summed E-state index contributed by atoms with van der Waals surface area (Å²) in [4.78, 5) is 0.336. The van der Waals surface area contributed by atoms with Gasteiger partial charge in [0.15, 0.2) is 0 Å². The van der Waals surface area contributed by atoms with E-state index in [0.717, 1.165) is 19.3 Å². The zero-order valence-corrected chi connectivity index (χ0v) is 13.7. The van der Waals surface area contributed by atoms with E-state index in [9.17, 15) is 13.5 Å². The van der Waals surface area contributed by atoms with Crippen molar-refractivity contribution in [2.45, 2.75) is 51.0 Å². The number of rotatable bonds is 5. The molecule has 0 unspecified atom stereocenters. The van der Waals surface area contributed by atoms with Gasteiger partial charge in [-0.3, -0.25) is 0 Å².